The van der Waals surface area contributed by atoms with E-state index < -0.39 is 0 Å². The van der Waals surface area contributed by atoms with E-state index in [1.54, 1.807) is 7.11 Å². The molecular formula is C9H19NO2. The Morgan fingerprint density at radius 2 is 2.08 bits per heavy atom. The van der Waals surface area contributed by atoms with Crippen molar-refractivity contribution in [1.29, 1.82) is 0 Å². The van der Waals surface area contributed by atoms with Crippen LogP contribution in [0, 0.1) is 0 Å². The third-order valence-electron chi connectivity index (χ3n) is 2.48. The third-order valence-corrected chi connectivity index (χ3v) is 2.48. The normalized spacial score (nSPS) is 21.5. The largest absolute Gasteiger partial charge is 0.396 e. The number of ether oxygens (including phenoxy) is 1. The molecule has 0 radical (unpaired) electrons. The van der Waals surface area contributed by atoms with Crippen LogP contribution in [0.3, 0.4) is 0 Å². The van der Waals surface area contributed by atoms with E-state index in [4.69, 9.17) is 9.84 Å². The molecule has 1 heterocycles. The van der Waals surface area contributed by atoms with Gasteiger partial charge in [-0.25, -0.2) is 0 Å². The SMILES string of the molecule is COCC(CCO)N1CCCC1. The number of hydrogen-bond acceptors (Lipinski definition) is 3. The van der Waals surface area contributed by atoms with Crippen LogP contribution in [0.15, 0.2) is 0 Å². The van der Waals surface area contributed by atoms with Crippen molar-refractivity contribution in [2.45, 2.75) is 25.3 Å². The summed E-state index contributed by atoms with van der Waals surface area (Å²) < 4.78 is 5.12. The van der Waals surface area contributed by atoms with Crippen molar-refractivity contribution >= 4 is 0 Å². The van der Waals surface area contributed by atoms with Crippen LogP contribution in [0.25, 0.3) is 0 Å². The zero-order valence-electron chi connectivity index (χ0n) is 7.83. The molecule has 0 aromatic rings. The lowest BCUT2D eigenvalue weighted by Crippen LogP contribution is -2.36. The summed E-state index contributed by atoms with van der Waals surface area (Å²) in [4.78, 5) is 2.42. The van der Waals surface area contributed by atoms with E-state index in [9.17, 15) is 0 Å². The first-order chi connectivity index (χ1) is 5.88. The fourth-order valence-corrected chi connectivity index (χ4v) is 1.82. The average molecular weight is 173 g/mol. The van der Waals surface area contributed by atoms with Crippen LogP contribution in [-0.2, 0) is 4.74 Å². The molecule has 1 aliphatic rings. The van der Waals surface area contributed by atoms with Gasteiger partial charge < -0.3 is 9.84 Å². The molecule has 0 aliphatic carbocycles. The van der Waals surface area contributed by atoms with Crippen molar-refractivity contribution in [3.8, 4) is 0 Å². The van der Waals surface area contributed by atoms with Gasteiger partial charge in [0.2, 0.25) is 0 Å². The summed E-state index contributed by atoms with van der Waals surface area (Å²) >= 11 is 0. The van der Waals surface area contributed by atoms with Crippen molar-refractivity contribution < 1.29 is 9.84 Å². The monoisotopic (exact) mass is 173 g/mol. The number of likely N-dealkylation sites (tertiary alicyclic amines) is 1. The summed E-state index contributed by atoms with van der Waals surface area (Å²) in [5, 5.41) is 8.84. The fourth-order valence-electron chi connectivity index (χ4n) is 1.82. The van der Waals surface area contributed by atoms with Gasteiger partial charge in [-0.15, -0.1) is 0 Å². The van der Waals surface area contributed by atoms with Crippen LogP contribution < -0.4 is 0 Å². The first-order valence-corrected chi connectivity index (χ1v) is 4.72. The molecule has 3 nitrogen and oxygen atoms in total. The Bertz CT molecular complexity index is 107. The molecule has 1 saturated heterocycles. The van der Waals surface area contributed by atoms with Crippen LogP contribution in [0.4, 0.5) is 0 Å². The number of aliphatic hydroxyl groups is 1. The summed E-state index contributed by atoms with van der Waals surface area (Å²) in [5.41, 5.74) is 0. The molecule has 0 saturated carbocycles. The van der Waals surface area contributed by atoms with Gasteiger partial charge in [0.15, 0.2) is 0 Å². The van der Waals surface area contributed by atoms with Gasteiger partial charge in [-0.2, -0.15) is 0 Å². The molecule has 72 valence electrons. The Balaban J connectivity index is 2.29. The minimum atomic E-state index is 0.268. The van der Waals surface area contributed by atoms with Crippen molar-refractivity contribution in [1.82, 2.24) is 4.90 Å². The molecule has 12 heavy (non-hydrogen) atoms. The van der Waals surface area contributed by atoms with Gasteiger partial charge in [-0.1, -0.05) is 0 Å². The molecule has 0 spiro atoms. The molecule has 1 fully saturated rings. The zero-order chi connectivity index (χ0) is 8.81. The van der Waals surface area contributed by atoms with Crippen LogP contribution >= 0.6 is 0 Å². The van der Waals surface area contributed by atoms with Crippen molar-refractivity contribution in [2.75, 3.05) is 33.4 Å². The first kappa shape index (κ1) is 9.96. The second-order valence-electron chi connectivity index (χ2n) is 3.36. The number of nitrogens with zero attached hydrogens (tertiary/aromatic N) is 1. The average Bonchev–Trinajstić information content (AvgIpc) is 2.56. The Morgan fingerprint density at radius 3 is 2.58 bits per heavy atom. The van der Waals surface area contributed by atoms with E-state index in [-0.39, 0.29) is 6.61 Å². The molecule has 1 atom stereocenters. The molecule has 0 bridgehead atoms. The maximum Gasteiger partial charge on any atom is 0.0618 e. The minimum absolute atomic E-state index is 0.268. The topological polar surface area (TPSA) is 32.7 Å². The molecular weight excluding hydrogens is 154 g/mol. The van der Waals surface area contributed by atoms with E-state index in [0.717, 1.165) is 13.0 Å². The molecule has 1 rings (SSSR count). The summed E-state index contributed by atoms with van der Waals surface area (Å²) in [6.07, 6.45) is 3.44. The van der Waals surface area contributed by atoms with Crippen LogP contribution in [0.2, 0.25) is 0 Å². The highest BCUT2D eigenvalue weighted by Crippen LogP contribution is 2.13. The Labute approximate surface area is 74.3 Å². The van der Waals surface area contributed by atoms with Crippen LogP contribution in [0.1, 0.15) is 19.3 Å². The number of aliphatic hydroxyl groups excluding tert-OH is 1. The highest BCUT2D eigenvalue weighted by atomic mass is 16.5. The Hall–Kier alpha value is -0.120. The zero-order valence-corrected chi connectivity index (χ0v) is 7.83. The van der Waals surface area contributed by atoms with Gasteiger partial charge in [-0.05, 0) is 32.4 Å². The molecule has 3 heteroatoms. The van der Waals surface area contributed by atoms with Crippen molar-refractivity contribution in [3.63, 3.8) is 0 Å². The second kappa shape index (κ2) is 5.51. The predicted octanol–water partition coefficient (Wildman–Crippen LogP) is 0.480. The Morgan fingerprint density at radius 1 is 1.42 bits per heavy atom. The molecule has 0 amide bonds. The predicted molar refractivity (Wildman–Crippen MR) is 48.2 cm³/mol. The third kappa shape index (κ3) is 2.73. The summed E-state index contributed by atoms with van der Waals surface area (Å²) in [5.74, 6) is 0. The number of methoxy groups -OCH3 is 1. The van der Waals surface area contributed by atoms with Crippen LogP contribution in [0.5, 0.6) is 0 Å². The van der Waals surface area contributed by atoms with Gasteiger partial charge in [0.05, 0.1) is 6.61 Å². The molecule has 1 aliphatic heterocycles. The smallest absolute Gasteiger partial charge is 0.0618 e. The van der Waals surface area contributed by atoms with Gasteiger partial charge in [0.25, 0.3) is 0 Å². The van der Waals surface area contributed by atoms with E-state index >= 15 is 0 Å². The summed E-state index contributed by atoms with van der Waals surface area (Å²) in [7, 11) is 1.72. The minimum Gasteiger partial charge on any atom is -0.396 e. The lowest BCUT2D eigenvalue weighted by molar-refractivity contribution is 0.0873. The van der Waals surface area contributed by atoms with Crippen molar-refractivity contribution in [2.24, 2.45) is 0 Å². The van der Waals surface area contributed by atoms with Crippen molar-refractivity contribution in [3.05, 3.63) is 0 Å². The quantitative estimate of drug-likeness (QED) is 0.656. The lowest BCUT2D eigenvalue weighted by atomic mass is 10.2. The number of rotatable bonds is 5. The van der Waals surface area contributed by atoms with E-state index in [2.05, 4.69) is 4.90 Å². The molecule has 1 unspecified atom stereocenters. The van der Waals surface area contributed by atoms with E-state index in [0.29, 0.717) is 6.04 Å². The number of hydrogen-bond donors (Lipinski definition) is 1. The maximum absolute atomic E-state index is 8.84. The van der Waals surface area contributed by atoms with Gasteiger partial charge in [0, 0.05) is 19.8 Å². The van der Waals surface area contributed by atoms with Crippen LogP contribution in [-0.4, -0.2) is 49.5 Å². The summed E-state index contributed by atoms with van der Waals surface area (Å²) in [6.45, 7) is 3.37. The van der Waals surface area contributed by atoms with Gasteiger partial charge >= 0.3 is 0 Å². The highest BCUT2D eigenvalue weighted by Gasteiger charge is 2.20. The lowest BCUT2D eigenvalue weighted by Gasteiger charge is -2.25. The van der Waals surface area contributed by atoms with Gasteiger partial charge in [-0.3, -0.25) is 4.90 Å². The molecule has 0 aromatic heterocycles. The van der Waals surface area contributed by atoms with Gasteiger partial charge in [0.1, 0.15) is 0 Å². The second-order valence-corrected chi connectivity index (χ2v) is 3.36. The summed E-state index contributed by atoms with van der Waals surface area (Å²) in [6, 6.07) is 0.433. The maximum atomic E-state index is 8.84. The fraction of sp³-hybridized carbons (Fsp3) is 1.00. The highest BCUT2D eigenvalue weighted by molar-refractivity contribution is 4.75. The molecule has 1 N–H and O–H groups in total. The molecule has 0 aromatic carbocycles. The van der Waals surface area contributed by atoms with E-state index in [1.165, 1.54) is 25.9 Å². The standard InChI is InChI=1S/C9H19NO2/c1-12-8-9(4-7-11)10-5-2-3-6-10/h9,11H,2-8H2,1H3. The first-order valence-electron chi connectivity index (χ1n) is 4.72. The van der Waals surface area contributed by atoms with E-state index in [1.807, 2.05) is 0 Å². The Kier molecular flexibility index (Phi) is 4.58.